The summed E-state index contributed by atoms with van der Waals surface area (Å²) in [6, 6.07) is 114. The quantitative estimate of drug-likeness (QED) is 0.144. The van der Waals surface area contributed by atoms with Crippen LogP contribution in [-0.2, 0) is 0 Å². The summed E-state index contributed by atoms with van der Waals surface area (Å²) < 4.78 is 18.0. The molecule has 0 aliphatic heterocycles. The molecule has 0 saturated heterocycles. The number of fused-ring (bicyclic) bond motifs is 12. The molecule has 0 amide bonds. The maximum absolute atomic E-state index is 7.07. The Kier molecular flexibility index (Phi) is 11.3. The highest BCUT2D eigenvalue weighted by Gasteiger charge is 2.23. The minimum absolute atomic E-state index is 0.857. The van der Waals surface area contributed by atoms with Gasteiger partial charge in [-0.15, -0.1) is 0 Å². The van der Waals surface area contributed by atoms with Crippen LogP contribution in [0.3, 0.4) is 0 Å². The zero-order valence-corrected chi connectivity index (χ0v) is 47.7. The fourth-order valence-corrected chi connectivity index (χ4v) is 13.9. The molecule has 14 aromatic carbocycles. The zero-order valence-electron chi connectivity index (χ0n) is 47.7. The summed E-state index contributed by atoms with van der Waals surface area (Å²) in [5.74, 6) is 0. The van der Waals surface area contributed by atoms with E-state index in [1.807, 2.05) is 12.1 Å². The molecule has 0 N–H and O–H groups in total. The second-order valence-electron chi connectivity index (χ2n) is 23.1. The Morgan fingerprint density at radius 2 is 0.591 bits per heavy atom. The Hall–Kier alpha value is -11.7. The van der Waals surface area contributed by atoms with Crippen molar-refractivity contribution >= 4 is 87.5 Å². The van der Waals surface area contributed by atoms with Crippen LogP contribution in [-0.4, -0.2) is 9.13 Å². The molecule has 18 aromatic rings. The number of nitrogens with zero attached hydrogens (tertiary/aromatic N) is 2. The fraction of sp³-hybridized carbons (Fsp3) is 0. The molecular formula is C84H52N2O2. The number of hydrogen-bond donors (Lipinski definition) is 0. The first-order valence-corrected chi connectivity index (χ1v) is 30.1. The van der Waals surface area contributed by atoms with Crippen molar-refractivity contribution in [2.24, 2.45) is 0 Å². The Morgan fingerprint density at radius 1 is 0.193 bits per heavy atom. The Labute approximate surface area is 507 Å². The predicted octanol–water partition coefficient (Wildman–Crippen LogP) is 23.3. The van der Waals surface area contributed by atoms with Gasteiger partial charge in [-0.25, -0.2) is 0 Å². The number of furan rings is 2. The molecule has 4 heteroatoms. The van der Waals surface area contributed by atoms with E-state index in [-0.39, 0.29) is 0 Å². The Morgan fingerprint density at radius 3 is 1.18 bits per heavy atom. The molecule has 0 atom stereocenters. The molecule has 0 aliphatic rings. The fourth-order valence-electron chi connectivity index (χ4n) is 13.9. The van der Waals surface area contributed by atoms with E-state index in [1.165, 1.54) is 49.3 Å². The molecule has 4 nitrogen and oxygen atoms in total. The number of aromatic nitrogens is 2. The van der Waals surface area contributed by atoms with Gasteiger partial charge in [0.2, 0.25) is 0 Å². The van der Waals surface area contributed by atoms with Gasteiger partial charge in [-0.3, -0.25) is 0 Å². The second-order valence-corrected chi connectivity index (χ2v) is 23.1. The standard InChI is InChI=1S/C84H52N2O2/c1-3-14-53(15-4-1)63-38-45-72-78(51-63)86(66-43-36-58(37-44-66)56-26-30-59(31-27-56)61-39-46-81-73(48-61)69-20-9-12-25-80(69)87-81)79-52-64(54-16-5-2-6-17-54)50-75(83(72)79)71-22-13-21-70-74-49-62(40-47-82(74)88-84(70)71)60-32-28-55(29-33-60)57-34-41-65(42-35-57)85-76-23-10-7-18-67(76)68-19-8-11-24-77(68)85/h1-52H. The van der Waals surface area contributed by atoms with Crippen LogP contribution < -0.4 is 0 Å². The molecule has 18 rings (SSSR count). The molecule has 0 spiro atoms. The SMILES string of the molecule is c1ccc(-c2ccc3c4c(-c5cccc6c5oc5ccc(-c7ccc(-c8ccc(-n9c%10ccccc%10c%10ccccc%109)cc8)cc7)cc56)cc(-c5ccccc5)cc4n(-c4ccc(-c5ccc(-c6ccc7oc8ccccc8c7c6)cc5)cc4)c3c2)cc1. The van der Waals surface area contributed by atoms with Gasteiger partial charge in [0.25, 0.3) is 0 Å². The number of para-hydroxylation sites is 4. The molecular weight excluding hydrogens is 1070 g/mol. The molecule has 0 aliphatic carbocycles. The van der Waals surface area contributed by atoms with Gasteiger partial charge in [-0.05, 0) is 157 Å². The van der Waals surface area contributed by atoms with Gasteiger partial charge in [0.1, 0.15) is 22.3 Å². The van der Waals surface area contributed by atoms with Gasteiger partial charge in [0.15, 0.2) is 0 Å². The van der Waals surface area contributed by atoms with E-state index in [1.54, 1.807) is 0 Å². The molecule has 410 valence electrons. The van der Waals surface area contributed by atoms with E-state index in [4.69, 9.17) is 8.83 Å². The highest BCUT2D eigenvalue weighted by atomic mass is 16.3. The first-order valence-electron chi connectivity index (χ1n) is 30.1. The van der Waals surface area contributed by atoms with Crippen molar-refractivity contribution in [2.45, 2.75) is 0 Å². The van der Waals surface area contributed by atoms with Crippen LogP contribution in [0, 0.1) is 0 Å². The first-order chi connectivity index (χ1) is 43.6. The van der Waals surface area contributed by atoms with Crippen LogP contribution in [0.2, 0.25) is 0 Å². The minimum Gasteiger partial charge on any atom is -0.456 e. The van der Waals surface area contributed by atoms with Gasteiger partial charge in [0, 0.05) is 60.0 Å². The molecule has 0 radical (unpaired) electrons. The lowest BCUT2D eigenvalue weighted by Gasteiger charge is -2.13. The molecule has 4 heterocycles. The van der Waals surface area contributed by atoms with E-state index in [0.717, 1.165) is 127 Å². The maximum atomic E-state index is 7.07. The molecule has 0 fully saturated rings. The lowest BCUT2D eigenvalue weighted by Crippen LogP contribution is -1.95. The summed E-state index contributed by atoms with van der Waals surface area (Å²) >= 11 is 0. The number of hydrogen-bond acceptors (Lipinski definition) is 2. The highest BCUT2D eigenvalue weighted by Crippen LogP contribution is 2.47. The van der Waals surface area contributed by atoms with Gasteiger partial charge in [-0.2, -0.15) is 0 Å². The topological polar surface area (TPSA) is 36.1 Å². The first kappa shape index (κ1) is 49.7. The van der Waals surface area contributed by atoms with Crippen LogP contribution in [0.1, 0.15) is 0 Å². The third-order valence-corrected chi connectivity index (χ3v) is 18.2. The number of benzene rings is 14. The van der Waals surface area contributed by atoms with Gasteiger partial charge < -0.3 is 18.0 Å². The normalized spacial score (nSPS) is 11.9. The minimum atomic E-state index is 0.857. The van der Waals surface area contributed by atoms with Crippen molar-refractivity contribution in [2.75, 3.05) is 0 Å². The summed E-state index contributed by atoms with van der Waals surface area (Å²) in [6.45, 7) is 0. The second kappa shape index (κ2) is 20.0. The van der Waals surface area contributed by atoms with Crippen LogP contribution in [0.5, 0.6) is 0 Å². The molecule has 88 heavy (non-hydrogen) atoms. The maximum Gasteiger partial charge on any atom is 0.143 e. The lowest BCUT2D eigenvalue weighted by atomic mass is 9.93. The van der Waals surface area contributed by atoms with Crippen LogP contribution >= 0.6 is 0 Å². The molecule has 0 bridgehead atoms. The van der Waals surface area contributed by atoms with E-state index < -0.39 is 0 Å². The molecule has 0 unspecified atom stereocenters. The monoisotopic (exact) mass is 1120 g/mol. The largest absolute Gasteiger partial charge is 0.456 e. The van der Waals surface area contributed by atoms with Gasteiger partial charge in [0.05, 0.1) is 22.1 Å². The number of rotatable bonds is 9. The van der Waals surface area contributed by atoms with Crippen LogP contribution in [0.4, 0.5) is 0 Å². The van der Waals surface area contributed by atoms with Crippen LogP contribution in [0.25, 0.3) is 177 Å². The van der Waals surface area contributed by atoms with E-state index in [2.05, 4.69) is 312 Å². The highest BCUT2D eigenvalue weighted by molar-refractivity contribution is 6.21. The summed E-state index contributed by atoms with van der Waals surface area (Å²) in [5.41, 5.74) is 26.5. The predicted molar refractivity (Wildman–Crippen MR) is 368 cm³/mol. The van der Waals surface area contributed by atoms with E-state index in [9.17, 15) is 0 Å². The smallest absolute Gasteiger partial charge is 0.143 e. The van der Waals surface area contributed by atoms with E-state index in [0.29, 0.717) is 0 Å². The van der Waals surface area contributed by atoms with Gasteiger partial charge in [-0.1, -0.05) is 231 Å². The average molecular weight is 1120 g/mol. The summed E-state index contributed by atoms with van der Waals surface area (Å²) in [4.78, 5) is 0. The molecule has 4 aromatic heterocycles. The van der Waals surface area contributed by atoms with Crippen molar-refractivity contribution in [1.82, 2.24) is 9.13 Å². The van der Waals surface area contributed by atoms with Crippen molar-refractivity contribution in [3.8, 4) is 89.3 Å². The zero-order chi connectivity index (χ0) is 57.8. The summed E-state index contributed by atoms with van der Waals surface area (Å²) in [6.07, 6.45) is 0. The van der Waals surface area contributed by atoms with Crippen molar-refractivity contribution in [3.63, 3.8) is 0 Å². The summed E-state index contributed by atoms with van der Waals surface area (Å²) in [7, 11) is 0. The van der Waals surface area contributed by atoms with Crippen molar-refractivity contribution < 1.29 is 8.83 Å². The Balaban J connectivity index is 0.725. The third kappa shape index (κ3) is 8.07. The lowest BCUT2D eigenvalue weighted by molar-refractivity contribution is 0.669. The summed E-state index contributed by atoms with van der Waals surface area (Å²) in [5, 5.41) is 9.31. The average Bonchev–Trinajstić information content (AvgIpc) is 2.02. The third-order valence-electron chi connectivity index (χ3n) is 18.2. The van der Waals surface area contributed by atoms with Gasteiger partial charge >= 0.3 is 0 Å². The van der Waals surface area contributed by atoms with Crippen LogP contribution in [0.15, 0.2) is 324 Å². The van der Waals surface area contributed by atoms with Crippen molar-refractivity contribution in [1.29, 1.82) is 0 Å². The Bertz CT molecular complexity index is 5690. The molecule has 0 saturated carbocycles. The van der Waals surface area contributed by atoms with E-state index >= 15 is 0 Å². The van der Waals surface area contributed by atoms with Crippen molar-refractivity contribution in [3.05, 3.63) is 315 Å².